The van der Waals surface area contributed by atoms with Crippen LogP contribution in [0.4, 0.5) is 0 Å². The third-order valence-corrected chi connectivity index (χ3v) is 5.53. The number of nitrogens with one attached hydrogen (secondary N) is 1. The molecule has 1 aliphatic heterocycles. The van der Waals surface area contributed by atoms with Crippen molar-refractivity contribution in [1.82, 2.24) is 10.2 Å². The number of amides is 1. The van der Waals surface area contributed by atoms with Crippen molar-refractivity contribution >= 4 is 29.1 Å². The zero-order valence-corrected chi connectivity index (χ0v) is 14.7. The van der Waals surface area contributed by atoms with Crippen molar-refractivity contribution in [3.8, 4) is 5.75 Å². The Hall–Kier alpha value is -0.970. The molecular weight excluding hydrogens is 335 g/mol. The van der Waals surface area contributed by atoms with E-state index in [1.165, 1.54) is 18.4 Å². The average molecular weight is 357 g/mol. The van der Waals surface area contributed by atoms with Gasteiger partial charge in [-0.3, -0.25) is 9.69 Å². The summed E-state index contributed by atoms with van der Waals surface area (Å²) in [7, 11) is 1.66. The summed E-state index contributed by atoms with van der Waals surface area (Å²) in [5.41, 5.74) is 1.19. The molecule has 0 spiro atoms. The number of nitrogens with zero attached hydrogens (tertiary/aromatic N) is 1. The maximum Gasteiger partial charge on any atom is 0.226 e. The van der Waals surface area contributed by atoms with Gasteiger partial charge in [0.1, 0.15) is 10.1 Å². The summed E-state index contributed by atoms with van der Waals surface area (Å²) in [5, 5.41) is 3.02. The lowest BCUT2D eigenvalue weighted by Gasteiger charge is -2.28. The molecule has 1 saturated heterocycles. The number of halogens is 2. The summed E-state index contributed by atoms with van der Waals surface area (Å²) >= 11 is 12.0. The van der Waals surface area contributed by atoms with E-state index >= 15 is 0 Å². The monoisotopic (exact) mass is 356 g/mol. The summed E-state index contributed by atoms with van der Waals surface area (Å²) in [6.07, 6.45) is 2.95. The average Bonchev–Trinajstić information content (AvgIpc) is 2.95. The maximum absolute atomic E-state index is 12.2. The van der Waals surface area contributed by atoms with Gasteiger partial charge in [0.2, 0.25) is 5.91 Å². The van der Waals surface area contributed by atoms with Gasteiger partial charge in [-0.25, -0.2) is 0 Å². The summed E-state index contributed by atoms with van der Waals surface area (Å²) in [6.45, 7) is 2.70. The van der Waals surface area contributed by atoms with E-state index in [4.69, 9.17) is 27.9 Å². The molecule has 0 aromatic heterocycles. The molecular formula is C17H22Cl2N2O2. The van der Waals surface area contributed by atoms with E-state index in [0.29, 0.717) is 13.0 Å². The highest BCUT2D eigenvalue weighted by molar-refractivity contribution is 6.52. The molecule has 4 nitrogen and oxygen atoms in total. The highest BCUT2D eigenvalue weighted by Gasteiger charge is 2.56. The Morgan fingerprint density at radius 1 is 1.35 bits per heavy atom. The fraction of sp³-hybridized carbons (Fsp3) is 0.588. The van der Waals surface area contributed by atoms with Crippen LogP contribution in [-0.4, -0.2) is 41.9 Å². The third kappa shape index (κ3) is 3.93. The van der Waals surface area contributed by atoms with Crippen LogP contribution in [0.5, 0.6) is 5.75 Å². The maximum atomic E-state index is 12.2. The molecule has 3 rings (SSSR count). The number of ether oxygens (including phenoxy) is 1. The van der Waals surface area contributed by atoms with Crippen molar-refractivity contribution in [3.63, 3.8) is 0 Å². The Bertz CT molecular complexity index is 556. The van der Waals surface area contributed by atoms with Gasteiger partial charge >= 0.3 is 0 Å². The van der Waals surface area contributed by atoms with Gasteiger partial charge in [-0.1, -0.05) is 12.1 Å². The van der Waals surface area contributed by atoms with Crippen LogP contribution >= 0.6 is 23.2 Å². The topological polar surface area (TPSA) is 41.6 Å². The van der Waals surface area contributed by atoms with E-state index in [9.17, 15) is 4.79 Å². The lowest BCUT2D eigenvalue weighted by molar-refractivity contribution is -0.122. The van der Waals surface area contributed by atoms with Crippen molar-refractivity contribution in [2.45, 2.75) is 29.6 Å². The predicted octanol–water partition coefficient (Wildman–Crippen LogP) is 3.14. The molecule has 126 valence electrons. The molecule has 2 fully saturated rings. The molecule has 1 aromatic carbocycles. The first-order valence-electron chi connectivity index (χ1n) is 8.05. The summed E-state index contributed by atoms with van der Waals surface area (Å²) in [4.78, 5) is 14.6. The van der Waals surface area contributed by atoms with E-state index < -0.39 is 4.33 Å². The van der Waals surface area contributed by atoms with Gasteiger partial charge in [-0.15, -0.1) is 23.2 Å². The fourth-order valence-corrected chi connectivity index (χ4v) is 3.66. The van der Waals surface area contributed by atoms with Crippen molar-refractivity contribution in [1.29, 1.82) is 0 Å². The molecule has 1 heterocycles. The molecule has 1 saturated carbocycles. The highest BCUT2D eigenvalue weighted by Crippen LogP contribution is 2.53. The first-order valence-corrected chi connectivity index (χ1v) is 8.80. The van der Waals surface area contributed by atoms with Crippen LogP contribution in [0.1, 0.15) is 30.9 Å². The molecule has 0 bridgehead atoms. The molecule has 1 N–H and O–H groups in total. The van der Waals surface area contributed by atoms with Crippen molar-refractivity contribution in [3.05, 3.63) is 29.8 Å². The molecule has 2 unspecified atom stereocenters. The smallest absolute Gasteiger partial charge is 0.226 e. The summed E-state index contributed by atoms with van der Waals surface area (Å²) in [6, 6.07) is 8.23. The largest absolute Gasteiger partial charge is 0.497 e. The molecule has 2 aliphatic rings. The Kier molecular flexibility index (Phi) is 5.04. The number of likely N-dealkylation sites (tertiary alicyclic amines) is 1. The van der Waals surface area contributed by atoms with Gasteiger partial charge in [-0.05, 0) is 50.0 Å². The van der Waals surface area contributed by atoms with Crippen LogP contribution in [0.25, 0.3) is 0 Å². The lowest BCUT2D eigenvalue weighted by atomic mass is 10.1. The number of carbonyl (C=O) groups excluding carboxylic acids is 1. The summed E-state index contributed by atoms with van der Waals surface area (Å²) in [5.74, 6) is 0.513. The van der Waals surface area contributed by atoms with Crippen molar-refractivity contribution < 1.29 is 9.53 Å². The van der Waals surface area contributed by atoms with Crippen LogP contribution in [0.3, 0.4) is 0 Å². The number of alkyl halides is 2. The Labute approximate surface area is 147 Å². The lowest BCUT2D eigenvalue weighted by Crippen LogP contribution is -2.37. The van der Waals surface area contributed by atoms with Gasteiger partial charge in [0, 0.05) is 6.54 Å². The SMILES string of the molecule is COc1ccc(C(CNC(=O)C2CC2(Cl)Cl)N2CCCC2)cc1. The Balaban J connectivity index is 1.66. The Morgan fingerprint density at radius 3 is 2.48 bits per heavy atom. The second kappa shape index (κ2) is 6.88. The minimum atomic E-state index is -0.868. The molecule has 1 aliphatic carbocycles. The zero-order chi connectivity index (χ0) is 16.4. The second-order valence-corrected chi connectivity index (χ2v) is 7.84. The minimum Gasteiger partial charge on any atom is -0.497 e. The first-order chi connectivity index (χ1) is 11.0. The number of methoxy groups -OCH3 is 1. The normalized spacial score (nSPS) is 24.2. The number of carbonyl (C=O) groups is 1. The quantitative estimate of drug-likeness (QED) is 0.796. The van der Waals surface area contributed by atoms with E-state index in [1.807, 2.05) is 12.1 Å². The van der Waals surface area contributed by atoms with Gasteiger partial charge < -0.3 is 10.1 Å². The minimum absolute atomic E-state index is 0.0484. The van der Waals surface area contributed by atoms with Gasteiger partial charge in [0.25, 0.3) is 0 Å². The molecule has 23 heavy (non-hydrogen) atoms. The van der Waals surface area contributed by atoms with Crippen LogP contribution in [0, 0.1) is 5.92 Å². The van der Waals surface area contributed by atoms with Crippen molar-refractivity contribution in [2.24, 2.45) is 5.92 Å². The number of benzene rings is 1. The van der Waals surface area contributed by atoms with E-state index in [-0.39, 0.29) is 17.9 Å². The number of hydrogen-bond acceptors (Lipinski definition) is 3. The number of hydrogen-bond donors (Lipinski definition) is 1. The molecule has 6 heteroatoms. The van der Waals surface area contributed by atoms with Crippen LogP contribution in [-0.2, 0) is 4.79 Å². The predicted molar refractivity (Wildman–Crippen MR) is 92.1 cm³/mol. The zero-order valence-electron chi connectivity index (χ0n) is 13.2. The van der Waals surface area contributed by atoms with Crippen LogP contribution in [0.2, 0.25) is 0 Å². The van der Waals surface area contributed by atoms with Gasteiger partial charge in [0.05, 0.1) is 19.1 Å². The molecule has 1 aromatic rings. The molecule has 0 radical (unpaired) electrons. The molecule has 1 amide bonds. The Morgan fingerprint density at radius 2 is 1.96 bits per heavy atom. The van der Waals surface area contributed by atoms with Crippen LogP contribution in [0.15, 0.2) is 24.3 Å². The first kappa shape index (κ1) is 16.9. The van der Waals surface area contributed by atoms with Gasteiger partial charge in [0.15, 0.2) is 0 Å². The second-order valence-electron chi connectivity index (χ2n) is 6.29. The van der Waals surface area contributed by atoms with Crippen LogP contribution < -0.4 is 10.1 Å². The summed E-state index contributed by atoms with van der Waals surface area (Å²) < 4.78 is 4.35. The fourth-order valence-electron chi connectivity index (χ4n) is 3.16. The van der Waals surface area contributed by atoms with E-state index in [2.05, 4.69) is 22.3 Å². The standard InChI is InChI=1S/C17H22Cl2N2O2/c1-23-13-6-4-12(5-7-13)15(21-8-2-3-9-21)11-20-16(22)14-10-17(14,18)19/h4-7,14-15H,2-3,8-11H2,1H3,(H,20,22). The van der Waals surface area contributed by atoms with E-state index in [1.54, 1.807) is 7.11 Å². The van der Waals surface area contributed by atoms with Crippen molar-refractivity contribution in [2.75, 3.05) is 26.7 Å². The number of rotatable bonds is 6. The van der Waals surface area contributed by atoms with E-state index in [0.717, 1.165) is 18.8 Å². The third-order valence-electron chi connectivity index (χ3n) is 4.69. The highest BCUT2D eigenvalue weighted by atomic mass is 35.5. The van der Waals surface area contributed by atoms with Gasteiger partial charge in [-0.2, -0.15) is 0 Å². The molecule has 2 atom stereocenters.